The summed E-state index contributed by atoms with van der Waals surface area (Å²) in [6, 6.07) is 6.98. The SMILES string of the molecule is CCCCOC(=O)COc1ccc([C@H](C)O)cc1. The Morgan fingerprint density at radius 2 is 2.00 bits per heavy atom. The second-order valence-corrected chi connectivity index (χ2v) is 4.11. The summed E-state index contributed by atoms with van der Waals surface area (Å²) >= 11 is 0. The van der Waals surface area contributed by atoms with Gasteiger partial charge in [0, 0.05) is 0 Å². The standard InChI is InChI=1S/C14H20O4/c1-3-4-9-17-14(16)10-18-13-7-5-12(6-8-13)11(2)15/h5-8,11,15H,3-4,9-10H2,1-2H3/t11-/m0/s1. The van der Waals surface area contributed by atoms with Crippen molar-refractivity contribution in [1.82, 2.24) is 0 Å². The van der Waals surface area contributed by atoms with E-state index in [4.69, 9.17) is 9.47 Å². The molecular weight excluding hydrogens is 232 g/mol. The van der Waals surface area contributed by atoms with Gasteiger partial charge in [-0.25, -0.2) is 4.79 Å². The van der Waals surface area contributed by atoms with Crippen LogP contribution in [0.2, 0.25) is 0 Å². The molecule has 4 nitrogen and oxygen atoms in total. The topological polar surface area (TPSA) is 55.8 Å². The number of rotatable bonds is 7. The predicted octanol–water partition coefficient (Wildman–Crippen LogP) is 2.46. The Hall–Kier alpha value is -1.55. The molecule has 0 saturated carbocycles. The number of hydrogen-bond donors (Lipinski definition) is 1. The first-order chi connectivity index (χ1) is 8.63. The Morgan fingerprint density at radius 3 is 2.56 bits per heavy atom. The highest BCUT2D eigenvalue weighted by Gasteiger charge is 2.05. The maximum atomic E-state index is 11.3. The van der Waals surface area contributed by atoms with Crippen molar-refractivity contribution in [2.45, 2.75) is 32.8 Å². The molecule has 4 heteroatoms. The van der Waals surface area contributed by atoms with Crippen LogP contribution in [0, 0.1) is 0 Å². The molecule has 1 rings (SSSR count). The molecule has 0 unspecified atom stereocenters. The van der Waals surface area contributed by atoms with Gasteiger partial charge in [0.1, 0.15) is 5.75 Å². The molecule has 100 valence electrons. The first-order valence-electron chi connectivity index (χ1n) is 6.20. The molecule has 0 amide bonds. The third kappa shape index (κ3) is 5.19. The molecule has 0 heterocycles. The molecule has 0 spiro atoms. The maximum absolute atomic E-state index is 11.3. The van der Waals surface area contributed by atoms with E-state index in [1.165, 1.54) is 0 Å². The first-order valence-corrected chi connectivity index (χ1v) is 6.20. The molecule has 18 heavy (non-hydrogen) atoms. The number of ether oxygens (including phenoxy) is 2. The van der Waals surface area contributed by atoms with E-state index in [1.807, 2.05) is 6.92 Å². The lowest BCUT2D eigenvalue weighted by molar-refractivity contribution is -0.146. The van der Waals surface area contributed by atoms with Gasteiger partial charge in [0.2, 0.25) is 0 Å². The van der Waals surface area contributed by atoms with Crippen molar-refractivity contribution in [3.8, 4) is 5.75 Å². The number of aliphatic hydroxyl groups excluding tert-OH is 1. The molecule has 0 aliphatic rings. The molecule has 1 atom stereocenters. The van der Waals surface area contributed by atoms with Crippen molar-refractivity contribution in [1.29, 1.82) is 0 Å². The molecular formula is C14H20O4. The van der Waals surface area contributed by atoms with Gasteiger partial charge in [-0.3, -0.25) is 0 Å². The van der Waals surface area contributed by atoms with Crippen LogP contribution < -0.4 is 4.74 Å². The Labute approximate surface area is 108 Å². The van der Waals surface area contributed by atoms with E-state index in [-0.39, 0.29) is 12.6 Å². The molecule has 0 aromatic heterocycles. The Morgan fingerprint density at radius 1 is 1.33 bits per heavy atom. The van der Waals surface area contributed by atoms with Crippen LogP contribution in [-0.4, -0.2) is 24.3 Å². The number of esters is 1. The van der Waals surface area contributed by atoms with Crippen LogP contribution >= 0.6 is 0 Å². The second-order valence-electron chi connectivity index (χ2n) is 4.11. The molecule has 0 aliphatic carbocycles. The van der Waals surface area contributed by atoms with Crippen LogP contribution in [0.5, 0.6) is 5.75 Å². The zero-order valence-corrected chi connectivity index (χ0v) is 10.9. The quantitative estimate of drug-likeness (QED) is 0.598. The molecule has 1 N–H and O–H groups in total. The molecule has 0 radical (unpaired) electrons. The van der Waals surface area contributed by atoms with Gasteiger partial charge in [-0.2, -0.15) is 0 Å². The molecule has 0 aliphatic heterocycles. The van der Waals surface area contributed by atoms with E-state index < -0.39 is 6.10 Å². The maximum Gasteiger partial charge on any atom is 0.344 e. The fourth-order valence-electron chi connectivity index (χ4n) is 1.36. The average Bonchev–Trinajstić information content (AvgIpc) is 2.37. The van der Waals surface area contributed by atoms with Crippen LogP contribution in [0.15, 0.2) is 24.3 Å². The molecule has 1 aromatic carbocycles. The summed E-state index contributed by atoms with van der Waals surface area (Å²) in [5, 5.41) is 9.34. The zero-order valence-electron chi connectivity index (χ0n) is 10.9. The minimum absolute atomic E-state index is 0.0856. The first kappa shape index (κ1) is 14.5. The van der Waals surface area contributed by atoms with Crippen LogP contribution in [0.4, 0.5) is 0 Å². The molecule has 0 fully saturated rings. The minimum Gasteiger partial charge on any atom is -0.482 e. The van der Waals surface area contributed by atoms with Gasteiger partial charge >= 0.3 is 5.97 Å². The highest BCUT2D eigenvalue weighted by Crippen LogP contribution is 2.17. The summed E-state index contributed by atoms with van der Waals surface area (Å²) < 4.78 is 10.2. The van der Waals surface area contributed by atoms with Crippen LogP contribution in [0.25, 0.3) is 0 Å². The Balaban J connectivity index is 2.32. The van der Waals surface area contributed by atoms with Gasteiger partial charge in [-0.15, -0.1) is 0 Å². The summed E-state index contributed by atoms with van der Waals surface area (Å²) in [6.45, 7) is 4.09. The largest absolute Gasteiger partial charge is 0.482 e. The number of hydrogen-bond acceptors (Lipinski definition) is 4. The van der Waals surface area contributed by atoms with E-state index in [2.05, 4.69) is 0 Å². The van der Waals surface area contributed by atoms with Crippen molar-refractivity contribution in [3.63, 3.8) is 0 Å². The van der Waals surface area contributed by atoms with Gasteiger partial charge in [0.25, 0.3) is 0 Å². The van der Waals surface area contributed by atoms with E-state index in [0.29, 0.717) is 12.4 Å². The van der Waals surface area contributed by atoms with Crippen LogP contribution in [-0.2, 0) is 9.53 Å². The van der Waals surface area contributed by atoms with Crippen molar-refractivity contribution in [2.75, 3.05) is 13.2 Å². The van der Waals surface area contributed by atoms with E-state index in [0.717, 1.165) is 18.4 Å². The smallest absolute Gasteiger partial charge is 0.344 e. The second kappa shape index (κ2) is 7.71. The fraction of sp³-hybridized carbons (Fsp3) is 0.500. The third-order valence-corrected chi connectivity index (χ3v) is 2.48. The summed E-state index contributed by atoms with van der Waals surface area (Å²) in [6.07, 6.45) is 1.36. The number of carbonyl (C=O) groups is 1. The number of unbranched alkanes of at least 4 members (excludes halogenated alkanes) is 1. The predicted molar refractivity (Wildman–Crippen MR) is 68.4 cm³/mol. The van der Waals surface area contributed by atoms with E-state index in [1.54, 1.807) is 31.2 Å². The lowest BCUT2D eigenvalue weighted by atomic mass is 10.1. The van der Waals surface area contributed by atoms with Crippen molar-refractivity contribution >= 4 is 5.97 Å². The lowest BCUT2D eigenvalue weighted by Crippen LogP contribution is -2.15. The number of aliphatic hydroxyl groups is 1. The van der Waals surface area contributed by atoms with Gasteiger partial charge in [0.05, 0.1) is 12.7 Å². The van der Waals surface area contributed by atoms with Crippen molar-refractivity contribution in [3.05, 3.63) is 29.8 Å². The van der Waals surface area contributed by atoms with Crippen LogP contribution in [0.1, 0.15) is 38.4 Å². The average molecular weight is 252 g/mol. The fourth-order valence-corrected chi connectivity index (χ4v) is 1.36. The zero-order chi connectivity index (χ0) is 13.4. The highest BCUT2D eigenvalue weighted by molar-refractivity contribution is 5.71. The lowest BCUT2D eigenvalue weighted by Gasteiger charge is -2.08. The van der Waals surface area contributed by atoms with E-state index >= 15 is 0 Å². The Kier molecular flexibility index (Phi) is 6.22. The van der Waals surface area contributed by atoms with Gasteiger partial charge in [-0.05, 0) is 31.0 Å². The third-order valence-electron chi connectivity index (χ3n) is 2.48. The summed E-state index contributed by atoms with van der Waals surface area (Å²) in [4.78, 5) is 11.3. The summed E-state index contributed by atoms with van der Waals surface area (Å²) in [5.74, 6) is 0.231. The summed E-state index contributed by atoms with van der Waals surface area (Å²) in [7, 11) is 0. The van der Waals surface area contributed by atoms with E-state index in [9.17, 15) is 9.90 Å². The summed E-state index contributed by atoms with van der Waals surface area (Å²) in [5.41, 5.74) is 0.813. The highest BCUT2D eigenvalue weighted by atomic mass is 16.6. The van der Waals surface area contributed by atoms with Crippen LogP contribution in [0.3, 0.4) is 0 Å². The normalized spacial score (nSPS) is 11.9. The molecule has 0 bridgehead atoms. The minimum atomic E-state index is -0.502. The van der Waals surface area contributed by atoms with Gasteiger partial charge in [-0.1, -0.05) is 25.5 Å². The molecule has 0 saturated heterocycles. The van der Waals surface area contributed by atoms with Gasteiger partial charge < -0.3 is 14.6 Å². The molecule has 1 aromatic rings. The Bertz CT molecular complexity index is 357. The van der Waals surface area contributed by atoms with Crippen molar-refractivity contribution < 1.29 is 19.4 Å². The van der Waals surface area contributed by atoms with Gasteiger partial charge in [0.15, 0.2) is 6.61 Å². The monoisotopic (exact) mass is 252 g/mol. The van der Waals surface area contributed by atoms with Crippen molar-refractivity contribution in [2.24, 2.45) is 0 Å². The number of carbonyl (C=O) groups excluding carboxylic acids is 1. The number of benzene rings is 1.